The number of hydrogen-bond donors (Lipinski definition) is 2. The number of likely N-dealkylation sites (N-methyl/N-ethyl adjacent to an activating group) is 2. The molecule has 1 fully saturated rings. The van der Waals surface area contributed by atoms with Crippen LogP contribution in [-0.2, 0) is 0 Å². The van der Waals surface area contributed by atoms with Gasteiger partial charge in [-0.2, -0.15) is 0 Å². The van der Waals surface area contributed by atoms with E-state index in [2.05, 4.69) is 49.8 Å². The first-order valence-corrected chi connectivity index (χ1v) is 6.85. The fourth-order valence-corrected chi connectivity index (χ4v) is 2.59. The molecule has 1 aliphatic heterocycles. The predicted octanol–water partition coefficient (Wildman–Crippen LogP) is 1.19. The average molecular weight is 295 g/mol. The molecule has 0 aliphatic carbocycles. The number of rotatable bonds is 2. The first-order chi connectivity index (χ1) is 9.75. The zero-order valence-corrected chi connectivity index (χ0v) is 13.3. The molecular formula is C15H25N3O3. The minimum atomic E-state index is -1.11. The van der Waals surface area contributed by atoms with Gasteiger partial charge < -0.3 is 10.2 Å². The second-order valence-corrected chi connectivity index (χ2v) is 5.59. The van der Waals surface area contributed by atoms with Crippen molar-refractivity contribution in [3.8, 4) is 5.75 Å². The maximum Gasteiger partial charge on any atom is 0.339 e. The second-order valence-electron chi connectivity index (χ2n) is 5.59. The summed E-state index contributed by atoms with van der Waals surface area (Å²) in [7, 11) is 8.59. The summed E-state index contributed by atoms with van der Waals surface area (Å²) in [5.41, 5.74) is -0.0671. The van der Waals surface area contributed by atoms with E-state index in [1.807, 2.05) is 0 Å². The Bertz CT molecular complexity index is 479. The maximum absolute atomic E-state index is 10.3. The average Bonchev–Trinajstić information content (AvgIpc) is 2.64. The van der Waals surface area contributed by atoms with Gasteiger partial charge in [0.15, 0.2) is 0 Å². The summed E-state index contributed by atoms with van der Waals surface area (Å²) in [6.45, 7) is 3.43. The van der Waals surface area contributed by atoms with Crippen molar-refractivity contribution in [2.24, 2.45) is 0 Å². The normalized spacial score (nSPS) is 23.0. The van der Waals surface area contributed by atoms with Crippen molar-refractivity contribution < 1.29 is 15.0 Å². The highest BCUT2D eigenvalue weighted by molar-refractivity contribution is 5.90. The van der Waals surface area contributed by atoms with Crippen molar-refractivity contribution in [1.82, 2.24) is 14.7 Å². The van der Waals surface area contributed by atoms with E-state index in [0.29, 0.717) is 12.3 Å². The summed E-state index contributed by atoms with van der Waals surface area (Å²) in [6, 6.07) is 6.49. The molecule has 2 N–H and O–H groups in total. The lowest BCUT2D eigenvalue weighted by Gasteiger charge is -2.31. The van der Waals surface area contributed by atoms with E-state index in [9.17, 15) is 4.79 Å². The van der Waals surface area contributed by atoms with Crippen molar-refractivity contribution >= 4 is 5.97 Å². The molecule has 0 spiro atoms. The number of phenols is 1. The number of carboxylic acids is 1. The van der Waals surface area contributed by atoms with Gasteiger partial charge in [0.2, 0.25) is 0 Å². The number of aromatic hydroxyl groups is 1. The lowest BCUT2D eigenvalue weighted by molar-refractivity contribution is 0.0398. The highest BCUT2D eigenvalue weighted by atomic mass is 16.4. The largest absolute Gasteiger partial charge is 0.507 e. The first kappa shape index (κ1) is 17.4. The zero-order valence-electron chi connectivity index (χ0n) is 13.3. The smallest absolute Gasteiger partial charge is 0.339 e. The van der Waals surface area contributed by atoms with Crippen LogP contribution in [0, 0.1) is 0 Å². The predicted molar refractivity (Wildman–Crippen MR) is 82.4 cm³/mol. The van der Waals surface area contributed by atoms with Crippen LogP contribution in [0.15, 0.2) is 24.3 Å². The monoisotopic (exact) mass is 295 g/mol. The van der Waals surface area contributed by atoms with Gasteiger partial charge >= 0.3 is 5.97 Å². The van der Waals surface area contributed by atoms with Crippen LogP contribution in [0.1, 0.15) is 17.3 Å². The summed E-state index contributed by atoms with van der Waals surface area (Å²) in [4.78, 5) is 17.3. The minimum absolute atomic E-state index is 0.0671. The third-order valence-electron chi connectivity index (χ3n) is 3.60. The molecule has 2 unspecified atom stereocenters. The van der Waals surface area contributed by atoms with E-state index < -0.39 is 5.97 Å². The van der Waals surface area contributed by atoms with Gasteiger partial charge in [0.1, 0.15) is 17.6 Å². The van der Waals surface area contributed by atoms with Crippen LogP contribution >= 0.6 is 0 Å². The molecule has 6 heteroatoms. The van der Waals surface area contributed by atoms with Crippen LogP contribution in [0.4, 0.5) is 0 Å². The highest BCUT2D eigenvalue weighted by Gasteiger charge is 2.32. The third kappa shape index (κ3) is 4.42. The van der Waals surface area contributed by atoms with Crippen LogP contribution in [0.2, 0.25) is 0 Å². The number of hydrogen-bond acceptors (Lipinski definition) is 5. The van der Waals surface area contributed by atoms with Gasteiger partial charge in [0.25, 0.3) is 0 Å². The van der Waals surface area contributed by atoms with Crippen LogP contribution in [0.3, 0.4) is 0 Å². The van der Waals surface area contributed by atoms with Gasteiger partial charge in [-0.1, -0.05) is 12.1 Å². The summed E-state index contributed by atoms with van der Waals surface area (Å²) in [6.07, 6.45) is 0.477. The molecule has 1 heterocycles. The molecule has 1 saturated heterocycles. The molecule has 1 aliphatic rings. The molecule has 0 bridgehead atoms. The zero-order chi connectivity index (χ0) is 16.2. The fraction of sp³-hybridized carbons (Fsp3) is 0.533. The van der Waals surface area contributed by atoms with Gasteiger partial charge in [-0.25, -0.2) is 4.79 Å². The Morgan fingerprint density at radius 1 is 1.29 bits per heavy atom. The van der Waals surface area contributed by atoms with Crippen LogP contribution in [0.25, 0.3) is 0 Å². The SMILES string of the molecule is CC1CN(C)C(N(C)C)N1C.O=C(O)c1ccccc1O. The Hall–Kier alpha value is -1.63. The molecule has 6 nitrogen and oxygen atoms in total. The van der Waals surface area contributed by atoms with Crippen molar-refractivity contribution in [2.45, 2.75) is 19.3 Å². The number of carbonyl (C=O) groups is 1. The van der Waals surface area contributed by atoms with Gasteiger partial charge in [-0.05, 0) is 47.2 Å². The molecule has 0 aromatic heterocycles. The minimum Gasteiger partial charge on any atom is -0.507 e. The lowest BCUT2D eigenvalue weighted by atomic mass is 10.2. The molecule has 2 rings (SSSR count). The summed E-state index contributed by atoms with van der Waals surface area (Å²) in [5.74, 6) is -1.31. The van der Waals surface area contributed by atoms with Gasteiger partial charge in [-0.15, -0.1) is 0 Å². The number of nitrogens with zero attached hydrogens (tertiary/aromatic N) is 3. The van der Waals surface area contributed by atoms with Gasteiger partial charge in [0, 0.05) is 12.6 Å². The van der Waals surface area contributed by atoms with E-state index in [0.717, 1.165) is 0 Å². The molecule has 0 amide bonds. The Kier molecular flexibility index (Phi) is 6.14. The molecule has 21 heavy (non-hydrogen) atoms. The molecule has 1 aromatic rings. The Morgan fingerprint density at radius 2 is 1.86 bits per heavy atom. The van der Waals surface area contributed by atoms with E-state index in [4.69, 9.17) is 10.2 Å². The summed E-state index contributed by atoms with van der Waals surface area (Å²) in [5, 5.41) is 17.3. The lowest BCUT2D eigenvalue weighted by Crippen LogP contribution is -2.46. The summed E-state index contributed by atoms with van der Waals surface area (Å²) < 4.78 is 0. The standard InChI is InChI=1S/C8H19N3.C7H6O3/c1-7-6-10(4)8(9(2)3)11(7)5;8-6-4-2-1-3-5(6)7(9)10/h7-8H,6H2,1-5H3;1-4,8H,(H,9,10). The number of carboxylic acid groups (broad SMARTS) is 1. The fourth-order valence-electron chi connectivity index (χ4n) is 2.59. The Balaban J connectivity index is 0.000000211. The van der Waals surface area contributed by atoms with E-state index >= 15 is 0 Å². The van der Waals surface area contributed by atoms with E-state index in [1.54, 1.807) is 12.1 Å². The van der Waals surface area contributed by atoms with Crippen molar-refractivity contribution in [2.75, 3.05) is 34.7 Å². The molecule has 2 atom stereocenters. The molecular weight excluding hydrogens is 270 g/mol. The molecule has 118 valence electrons. The maximum atomic E-state index is 10.3. The Labute approximate surface area is 126 Å². The van der Waals surface area contributed by atoms with Crippen LogP contribution < -0.4 is 0 Å². The molecule has 1 aromatic carbocycles. The first-order valence-electron chi connectivity index (χ1n) is 6.85. The van der Waals surface area contributed by atoms with Gasteiger partial charge in [-0.3, -0.25) is 14.7 Å². The Morgan fingerprint density at radius 3 is 2.14 bits per heavy atom. The van der Waals surface area contributed by atoms with Crippen molar-refractivity contribution in [3.05, 3.63) is 29.8 Å². The second kappa shape index (κ2) is 7.40. The van der Waals surface area contributed by atoms with Crippen molar-refractivity contribution in [3.63, 3.8) is 0 Å². The topological polar surface area (TPSA) is 67.2 Å². The van der Waals surface area contributed by atoms with Gasteiger partial charge in [0.05, 0.1) is 0 Å². The summed E-state index contributed by atoms with van der Waals surface area (Å²) >= 11 is 0. The highest BCUT2D eigenvalue weighted by Crippen LogP contribution is 2.17. The van der Waals surface area contributed by atoms with E-state index in [1.165, 1.54) is 18.7 Å². The van der Waals surface area contributed by atoms with Crippen molar-refractivity contribution in [1.29, 1.82) is 0 Å². The van der Waals surface area contributed by atoms with Crippen LogP contribution in [0.5, 0.6) is 5.75 Å². The number of para-hydroxylation sites is 1. The number of aromatic carboxylic acids is 1. The third-order valence-corrected chi connectivity index (χ3v) is 3.60. The molecule has 0 radical (unpaired) electrons. The quantitative estimate of drug-likeness (QED) is 0.854. The van der Waals surface area contributed by atoms with Crippen LogP contribution in [-0.4, -0.2) is 77.9 Å². The number of benzene rings is 1. The molecule has 0 saturated carbocycles. The van der Waals surface area contributed by atoms with E-state index in [-0.39, 0.29) is 11.3 Å².